The van der Waals surface area contributed by atoms with E-state index >= 15 is 0 Å². The van der Waals surface area contributed by atoms with Gasteiger partial charge in [0.1, 0.15) is 0 Å². The van der Waals surface area contributed by atoms with E-state index in [4.69, 9.17) is 33.7 Å². The van der Waals surface area contributed by atoms with Gasteiger partial charge in [0.15, 0.2) is 0 Å². The Labute approximate surface area is 118 Å². The molecule has 5 heteroatoms. The third kappa shape index (κ3) is 4.41. The fourth-order valence-corrected chi connectivity index (χ4v) is 2.47. The van der Waals surface area contributed by atoms with Gasteiger partial charge in [0.25, 0.3) is 0 Å². The molecular formula is C13H19Cl2NO2. The molecule has 3 N–H and O–H groups in total. The Morgan fingerprint density at radius 3 is 2.44 bits per heavy atom. The van der Waals surface area contributed by atoms with Crippen molar-refractivity contribution in [3.63, 3.8) is 0 Å². The molecular weight excluding hydrogens is 273 g/mol. The smallest absolute Gasteiger partial charge is 0.0921 e. The van der Waals surface area contributed by atoms with E-state index in [2.05, 4.69) is 0 Å². The van der Waals surface area contributed by atoms with Crippen molar-refractivity contribution in [3.8, 4) is 0 Å². The molecule has 102 valence electrons. The summed E-state index contributed by atoms with van der Waals surface area (Å²) in [6.45, 7) is 0.761. The molecule has 18 heavy (non-hydrogen) atoms. The summed E-state index contributed by atoms with van der Waals surface area (Å²) in [5.74, 6) is 0. The molecule has 0 aromatic heterocycles. The first-order valence-electron chi connectivity index (χ1n) is 5.86. The van der Waals surface area contributed by atoms with Crippen LogP contribution in [0, 0.1) is 0 Å². The van der Waals surface area contributed by atoms with Crippen molar-refractivity contribution in [1.29, 1.82) is 0 Å². The lowest BCUT2D eigenvalue weighted by Gasteiger charge is -2.28. The van der Waals surface area contributed by atoms with E-state index in [1.54, 1.807) is 25.3 Å². The highest BCUT2D eigenvalue weighted by molar-refractivity contribution is 6.36. The quantitative estimate of drug-likeness (QED) is 0.812. The molecule has 0 aliphatic heterocycles. The number of methoxy groups -OCH3 is 1. The van der Waals surface area contributed by atoms with Gasteiger partial charge < -0.3 is 15.6 Å². The first-order chi connectivity index (χ1) is 8.52. The van der Waals surface area contributed by atoms with Crippen molar-refractivity contribution in [2.24, 2.45) is 5.73 Å². The van der Waals surface area contributed by atoms with Crippen LogP contribution < -0.4 is 5.73 Å². The van der Waals surface area contributed by atoms with Crippen LogP contribution in [0.25, 0.3) is 0 Å². The van der Waals surface area contributed by atoms with Crippen molar-refractivity contribution in [3.05, 3.63) is 33.8 Å². The number of nitrogens with two attached hydrogens (primary N) is 1. The Balaban J connectivity index is 2.88. The summed E-state index contributed by atoms with van der Waals surface area (Å²) in [4.78, 5) is 0. The second-order valence-corrected chi connectivity index (χ2v) is 5.24. The summed E-state index contributed by atoms with van der Waals surface area (Å²) in [7, 11) is 1.56. The van der Waals surface area contributed by atoms with E-state index in [9.17, 15) is 5.11 Å². The largest absolute Gasteiger partial charge is 0.387 e. The summed E-state index contributed by atoms with van der Waals surface area (Å²) < 4.78 is 5.08. The molecule has 0 bridgehead atoms. The molecule has 0 radical (unpaired) electrons. The second-order valence-electron chi connectivity index (χ2n) is 4.43. The summed E-state index contributed by atoms with van der Waals surface area (Å²) in [6, 6.07) is 5.31. The molecule has 3 nitrogen and oxygen atoms in total. The van der Waals surface area contributed by atoms with Crippen molar-refractivity contribution in [2.75, 3.05) is 20.3 Å². The van der Waals surface area contributed by atoms with E-state index < -0.39 is 5.60 Å². The van der Waals surface area contributed by atoms with E-state index in [1.165, 1.54) is 0 Å². The van der Waals surface area contributed by atoms with Gasteiger partial charge >= 0.3 is 0 Å². The first-order valence-corrected chi connectivity index (χ1v) is 6.62. The number of rotatable bonds is 7. The number of benzene rings is 1. The van der Waals surface area contributed by atoms with Crippen LogP contribution in [0.2, 0.25) is 10.0 Å². The van der Waals surface area contributed by atoms with E-state index in [0.717, 1.165) is 12.0 Å². The summed E-state index contributed by atoms with van der Waals surface area (Å²) in [5.41, 5.74) is 5.25. The summed E-state index contributed by atoms with van der Waals surface area (Å²) in [6.07, 6.45) is 1.64. The average Bonchev–Trinajstić information content (AvgIpc) is 2.32. The second kappa shape index (κ2) is 7.31. The molecule has 0 spiro atoms. The van der Waals surface area contributed by atoms with Crippen LogP contribution in [0.4, 0.5) is 0 Å². The molecule has 1 aromatic carbocycles. The van der Waals surface area contributed by atoms with Gasteiger partial charge in [-0.25, -0.2) is 0 Å². The van der Waals surface area contributed by atoms with Gasteiger partial charge in [0, 0.05) is 23.6 Å². The standard InChI is InChI=1S/C13H19Cl2NO2/c1-18-9-13(17,6-3-7-16)8-10-11(14)4-2-5-12(10)15/h2,4-5,17H,3,6-9,16H2,1H3. The van der Waals surface area contributed by atoms with Gasteiger partial charge in [-0.2, -0.15) is 0 Å². The van der Waals surface area contributed by atoms with Gasteiger partial charge in [-0.3, -0.25) is 0 Å². The molecule has 1 rings (SSSR count). The molecule has 1 atom stereocenters. The van der Waals surface area contributed by atoms with Crippen molar-refractivity contribution in [1.82, 2.24) is 0 Å². The Kier molecular flexibility index (Phi) is 6.39. The lowest BCUT2D eigenvalue weighted by atomic mass is 9.90. The van der Waals surface area contributed by atoms with Crippen LogP contribution in [-0.4, -0.2) is 31.0 Å². The van der Waals surface area contributed by atoms with E-state index in [1.807, 2.05) is 0 Å². The maximum atomic E-state index is 10.5. The molecule has 0 saturated heterocycles. The topological polar surface area (TPSA) is 55.5 Å². The van der Waals surface area contributed by atoms with Gasteiger partial charge in [-0.05, 0) is 37.1 Å². The summed E-state index contributed by atoms with van der Waals surface area (Å²) in [5, 5.41) is 11.7. The number of ether oxygens (including phenoxy) is 1. The minimum atomic E-state index is -0.983. The fourth-order valence-electron chi connectivity index (χ4n) is 1.94. The Morgan fingerprint density at radius 1 is 1.33 bits per heavy atom. The fraction of sp³-hybridized carbons (Fsp3) is 0.538. The Morgan fingerprint density at radius 2 is 1.94 bits per heavy atom. The highest BCUT2D eigenvalue weighted by Crippen LogP contribution is 2.30. The van der Waals surface area contributed by atoms with Crippen LogP contribution >= 0.6 is 23.2 Å². The predicted molar refractivity (Wildman–Crippen MR) is 75.3 cm³/mol. The molecule has 0 fully saturated rings. The molecule has 0 heterocycles. The number of aliphatic hydroxyl groups is 1. The van der Waals surface area contributed by atoms with E-state index in [-0.39, 0.29) is 6.61 Å². The first kappa shape index (κ1) is 15.7. The maximum Gasteiger partial charge on any atom is 0.0921 e. The highest BCUT2D eigenvalue weighted by atomic mass is 35.5. The highest BCUT2D eigenvalue weighted by Gasteiger charge is 2.28. The zero-order valence-corrected chi connectivity index (χ0v) is 12.0. The third-order valence-corrected chi connectivity index (χ3v) is 3.54. The Hall–Kier alpha value is -0.320. The zero-order chi connectivity index (χ0) is 13.6. The molecule has 0 saturated carbocycles. The van der Waals surface area contributed by atoms with Crippen LogP contribution in [-0.2, 0) is 11.2 Å². The lowest BCUT2D eigenvalue weighted by molar-refractivity contribution is -0.0375. The lowest BCUT2D eigenvalue weighted by Crippen LogP contribution is -2.37. The van der Waals surface area contributed by atoms with Crippen molar-refractivity contribution in [2.45, 2.75) is 24.9 Å². The van der Waals surface area contributed by atoms with Crippen LogP contribution in [0.3, 0.4) is 0 Å². The number of hydrogen-bond acceptors (Lipinski definition) is 3. The molecule has 1 aromatic rings. The Bertz CT molecular complexity index is 367. The van der Waals surface area contributed by atoms with Crippen LogP contribution in [0.5, 0.6) is 0 Å². The minimum absolute atomic E-state index is 0.231. The van der Waals surface area contributed by atoms with Crippen molar-refractivity contribution < 1.29 is 9.84 Å². The molecule has 0 amide bonds. The zero-order valence-electron chi connectivity index (χ0n) is 10.5. The monoisotopic (exact) mass is 291 g/mol. The van der Waals surface area contributed by atoms with Gasteiger partial charge in [-0.15, -0.1) is 0 Å². The number of hydrogen-bond donors (Lipinski definition) is 2. The minimum Gasteiger partial charge on any atom is -0.387 e. The SMILES string of the molecule is COCC(O)(CCCN)Cc1c(Cl)cccc1Cl. The average molecular weight is 292 g/mol. The summed E-state index contributed by atoms with van der Waals surface area (Å²) >= 11 is 12.2. The molecule has 0 aliphatic carbocycles. The van der Waals surface area contributed by atoms with E-state index in [0.29, 0.717) is 29.4 Å². The van der Waals surface area contributed by atoms with Crippen LogP contribution in [0.15, 0.2) is 18.2 Å². The maximum absolute atomic E-state index is 10.5. The number of halogens is 2. The normalized spacial score (nSPS) is 14.5. The van der Waals surface area contributed by atoms with Crippen LogP contribution in [0.1, 0.15) is 18.4 Å². The molecule has 1 unspecified atom stereocenters. The van der Waals surface area contributed by atoms with Crippen molar-refractivity contribution >= 4 is 23.2 Å². The van der Waals surface area contributed by atoms with Gasteiger partial charge in [-0.1, -0.05) is 29.3 Å². The third-order valence-electron chi connectivity index (χ3n) is 2.83. The van der Waals surface area contributed by atoms with Gasteiger partial charge in [0.2, 0.25) is 0 Å². The molecule has 0 aliphatic rings. The predicted octanol–water partition coefficient (Wildman–Crippen LogP) is 2.65. The van der Waals surface area contributed by atoms with Gasteiger partial charge in [0.05, 0.1) is 12.2 Å².